The molecule has 5 heteroatoms. The standard InChI is InChI=1S/C19H24N4O/c1-24-19-16(5-3-7-21-19)10-23-13-17-11-22(12-18(17)14-23)9-15-4-2-6-20-8-15/h2-8,17-18H,9-14H2,1H3/t17-,18+. The highest BCUT2D eigenvalue weighted by molar-refractivity contribution is 5.25. The second-order valence-electron chi connectivity index (χ2n) is 6.94. The van der Waals surface area contributed by atoms with Crippen molar-refractivity contribution in [2.24, 2.45) is 11.8 Å². The van der Waals surface area contributed by atoms with Crippen LogP contribution in [0.4, 0.5) is 0 Å². The van der Waals surface area contributed by atoms with Gasteiger partial charge in [-0.3, -0.25) is 14.8 Å². The Labute approximate surface area is 143 Å². The van der Waals surface area contributed by atoms with Crippen LogP contribution in [-0.2, 0) is 13.1 Å². The lowest BCUT2D eigenvalue weighted by atomic mass is 10.0. The lowest BCUT2D eigenvalue weighted by Gasteiger charge is -2.21. The number of aromatic nitrogens is 2. The van der Waals surface area contributed by atoms with E-state index in [1.807, 2.05) is 24.5 Å². The van der Waals surface area contributed by atoms with Gasteiger partial charge in [-0.15, -0.1) is 0 Å². The Kier molecular flexibility index (Phi) is 4.45. The van der Waals surface area contributed by atoms with Gasteiger partial charge in [0.2, 0.25) is 5.88 Å². The van der Waals surface area contributed by atoms with Crippen LogP contribution < -0.4 is 4.74 Å². The predicted molar refractivity (Wildman–Crippen MR) is 92.6 cm³/mol. The van der Waals surface area contributed by atoms with Crippen molar-refractivity contribution in [3.05, 3.63) is 54.0 Å². The maximum absolute atomic E-state index is 5.38. The van der Waals surface area contributed by atoms with E-state index in [2.05, 4.69) is 31.9 Å². The molecule has 0 aliphatic carbocycles. The van der Waals surface area contributed by atoms with Gasteiger partial charge in [0.15, 0.2) is 0 Å². The Morgan fingerprint density at radius 3 is 2.38 bits per heavy atom. The summed E-state index contributed by atoms with van der Waals surface area (Å²) in [5.41, 5.74) is 2.50. The number of ether oxygens (including phenoxy) is 1. The molecule has 2 aliphatic heterocycles. The van der Waals surface area contributed by atoms with Gasteiger partial charge >= 0.3 is 0 Å². The van der Waals surface area contributed by atoms with E-state index in [1.165, 1.54) is 37.3 Å². The third-order valence-corrected chi connectivity index (χ3v) is 5.20. The Hall–Kier alpha value is -1.98. The maximum Gasteiger partial charge on any atom is 0.217 e. The van der Waals surface area contributed by atoms with Crippen LogP contribution in [0.3, 0.4) is 0 Å². The van der Waals surface area contributed by atoms with Gasteiger partial charge in [0.25, 0.3) is 0 Å². The lowest BCUT2D eigenvalue weighted by molar-refractivity contribution is 0.243. The Morgan fingerprint density at radius 2 is 1.71 bits per heavy atom. The molecule has 2 atom stereocenters. The largest absolute Gasteiger partial charge is 0.481 e. The van der Waals surface area contributed by atoms with Crippen molar-refractivity contribution in [1.29, 1.82) is 0 Å². The fourth-order valence-electron chi connectivity index (χ4n) is 4.16. The molecular formula is C19H24N4O. The summed E-state index contributed by atoms with van der Waals surface area (Å²) in [5, 5.41) is 0. The molecule has 0 saturated carbocycles. The minimum absolute atomic E-state index is 0.757. The highest BCUT2D eigenvalue weighted by Gasteiger charge is 2.39. The van der Waals surface area contributed by atoms with E-state index >= 15 is 0 Å². The molecule has 2 fully saturated rings. The van der Waals surface area contributed by atoms with E-state index < -0.39 is 0 Å². The summed E-state index contributed by atoms with van der Waals surface area (Å²) >= 11 is 0. The topological polar surface area (TPSA) is 41.5 Å². The molecular weight excluding hydrogens is 300 g/mol. The summed E-state index contributed by atoms with van der Waals surface area (Å²) < 4.78 is 5.38. The highest BCUT2D eigenvalue weighted by atomic mass is 16.5. The molecule has 4 heterocycles. The van der Waals surface area contributed by atoms with Gasteiger partial charge in [-0.05, 0) is 29.5 Å². The van der Waals surface area contributed by atoms with Crippen LogP contribution >= 0.6 is 0 Å². The number of pyridine rings is 2. The zero-order valence-electron chi connectivity index (χ0n) is 14.1. The molecule has 2 saturated heterocycles. The first-order valence-electron chi connectivity index (χ1n) is 8.63. The monoisotopic (exact) mass is 324 g/mol. The Morgan fingerprint density at radius 1 is 1.00 bits per heavy atom. The van der Waals surface area contributed by atoms with Crippen molar-refractivity contribution in [1.82, 2.24) is 19.8 Å². The second kappa shape index (κ2) is 6.87. The average molecular weight is 324 g/mol. The van der Waals surface area contributed by atoms with Gasteiger partial charge in [-0.25, -0.2) is 4.98 Å². The molecule has 0 N–H and O–H groups in total. The van der Waals surface area contributed by atoms with Crippen LogP contribution in [0.25, 0.3) is 0 Å². The summed E-state index contributed by atoms with van der Waals surface area (Å²) in [6.07, 6.45) is 5.61. The molecule has 0 radical (unpaired) electrons. The van der Waals surface area contributed by atoms with Gasteiger partial charge < -0.3 is 4.74 Å². The summed E-state index contributed by atoms with van der Waals surface area (Å²) in [5.74, 6) is 2.32. The quantitative estimate of drug-likeness (QED) is 0.842. The van der Waals surface area contributed by atoms with E-state index in [0.717, 1.165) is 30.8 Å². The maximum atomic E-state index is 5.38. The number of hydrogen-bond acceptors (Lipinski definition) is 5. The molecule has 2 aliphatic rings. The van der Waals surface area contributed by atoms with Gasteiger partial charge in [0.05, 0.1) is 7.11 Å². The van der Waals surface area contributed by atoms with E-state index in [9.17, 15) is 0 Å². The highest BCUT2D eigenvalue weighted by Crippen LogP contribution is 2.33. The van der Waals surface area contributed by atoms with E-state index in [4.69, 9.17) is 4.74 Å². The number of methoxy groups -OCH3 is 1. The van der Waals surface area contributed by atoms with Crippen molar-refractivity contribution in [2.75, 3.05) is 33.3 Å². The van der Waals surface area contributed by atoms with Crippen LogP contribution in [0.15, 0.2) is 42.9 Å². The fourth-order valence-corrected chi connectivity index (χ4v) is 4.16. The number of fused-ring (bicyclic) bond motifs is 1. The molecule has 0 amide bonds. The van der Waals surface area contributed by atoms with Crippen LogP contribution in [0, 0.1) is 11.8 Å². The van der Waals surface area contributed by atoms with Crippen molar-refractivity contribution in [2.45, 2.75) is 13.1 Å². The number of rotatable bonds is 5. The minimum atomic E-state index is 0.757. The second-order valence-corrected chi connectivity index (χ2v) is 6.94. The molecule has 2 aromatic rings. The van der Waals surface area contributed by atoms with E-state index in [1.54, 1.807) is 13.3 Å². The van der Waals surface area contributed by atoms with Crippen LogP contribution in [0.1, 0.15) is 11.1 Å². The number of likely N-dealkylation sites (tertiary alicyclic amines) is 2. The molecule has 2 aromatic heterocycles. The SMILES string of the molecule is COc1ncccc1CN1C[C@H]2CN(Cc3cccnc3)C[C@H]2C1. The molecule has 5 nitrogen and oxygen atoms in total. The summed E-state index contributed by atoms with van der Waals surface area (Å²) in [6.45, 7) is 6.70. The zero-order valence-corrected chi connectivity index (χ0v) is 14.1. The smallest absolute Gasteiger partial charge is 0.217 e. The summed E-state index contributed by atoms with van der Waals surface area (Å²) in [6, 6.07) is 8.30. The first-order valence-corrected chi connectivity index (χ1v) is 8.63. The Bertz CT molecular complexity index is 664. The fraction of sp³-hybridized carbons (Fsp3) is 0.474. The van der Waals surface area contributed by atoms with Crippen molar-refractivity contribution < 1.29 is 4.74 Å². The van der Waals surface area contributed by atoms with Crippen LogP contribution in [0.5, 0.6) is 5.88 Å². The first kappa shape index (κ1) is 15.5. The lowest BCUT2D eigenvalue weighted by Crippen LogP contribution is -2.28. The normalized spacial score (nSPS) is 24.2. The van der Waals surface area contributed by atoms with Crippen LogP contribution in [-0.4, -0.2) is 53.1 Å². The average Bonchev–Trinajstić information content (AvgIpc) is 3.14. The van der Waals surface area contributed by atoms with Gasteiger partial charge in [0.1, 0.15) is 0 Å². The van der Waals surface area contributed by atoms with E-state index in [0.29, 0.717) is 0 Å². The van der Waals surface area contributed by atoms with Crippen LogP contribution in [0.2, 0.25) is 0 Å². The summed E-state index contributed by atoms with van der Waals surface area (Å²) in [7, 11) is 1.70. The molecule has 0 bridgehead atoms. The van der Waals surface area contributed by atoms with E-state index in [-0.39, 0.29) is 0 Å². The van der Waals surface area contributed by atoms with Gasteiger partial charge in [-0.2, -0.15) is 0 Å². The third kappa shape index (κ3) is 3.28. The number of nitrogens with zero attached hydrogens (tertiary/aromatic N) is 4. The van der Waals surface area contributed by atoms with Crippen molar-refractivity contribution in [3.63, 3.8) is 0 Å². The molecule has 0 aromatic carbocycles. The Balaban J connectivity index is 1.33. The molecule has 0 unspecified atom stereocenters. The number of hydrogen-bond donors (Lipinski definition) is 0. The van der Waals surface area contributed by atoms with Gasteiger partial charge in [0, 0.05) is 63.4 Å². The molecule has 4 rings (SSSR count). The molecule has 126 valence electrons. The summed E-state index contributed by atoms with van der Waals surface area (Å²) in [4.78, 5) is 13.7. The third-order valence-electron chi connectivity index (χ3n) is 5.20. The predicted octanol–water partition coefficient (Wildman–Crippen LogP) is 2.05. The van der Waals surface area contributed by atoms with Crippen molar-refractivity contribution in [3.8, 4) is 5.88 Å². The molecule has 0 spiro atoms. The van der Waals surface area contributed by atoms with Gasteiger partial charge in [-0.1, -0.05) is 12.1 Å². The first-order chi connectivity index (χ1) is 11.8. The molecule has 24 heavy (non-hydrogen) atoms. The zero-order chi connectivity index (χ0) is 16.4. The minimum Gasteiger partial charge on any atom is -0.481 e. The van der Waals surface area contributed by atoms with Crippen molar-refractivity contribution >= 4 is 0 Å².